The first-order chi connectivity index (χ1) is 9.65. The van der Waals surface area contributed by atoms with E-state index in [2.05, 4.69) is 22.4 Å². The summed E-state index contributed by atoms with van der Waals surface area (Å²) in [7, 11) is 3.62. The molecule has 1 heterocycles. The first-order valence-corrected chi connectivity index (χ1v) is 6.67. The fraction of sp³-hybridized carbons (Fsp3) is 0.312. The molecule has 2 aromatic rings. The smallest absolute Gasteiger partial charge is 0.128 e. The fourth-order valence-electron chi connectivity index (χ4n) is 2.34. The van der Waals surface area contributed by atoms with Crippen LogP contribution in [0.5, 0.6) is 5.75 Å². The molecule has 4 heteroatoms. The Bertz CT molecular complexity index is 584. The van der Waals surface area contributed by atoms with Crippen molar-refractivity contribution < 1.29 is 4.74 Å². The number of nitrogens with two attached hydrogens (primary N) is 1. The van der Waals surface area contributed by atoms with Gasteiger partial charge in [-0.05, 0) is 43.7 Å². The Morgan fingerprint density at radius 3 is 2.80 bits per heavy atom. The van der Waals surface area contributed by atoms with Gasteiger partial charge in [0.05, 0.1) is 7.11 Å². The van der Waals surface area contributed by atoms with Crippen LogP contribution in [-0.2, 0) is 6.42 Å². The average molecular weight is 271 g/mol. The van der Waals surface area contributed by atoms with E-state index in [4.69, 9.17) is 10.5 Å². The van der Waals surface area contributed by atoms with Gasteiger partial charge in [-0.2, -0.15) is 0 Å². The van der Waals surface area contributed by atoms with E-state index < -0.39 is 0 Å². The quantitative estimate of drug-likeness (QED) is 0.877. The molecule has 1 unspecified atom stereocenters. The lowest BCUT2D eigenvalue weighted by Gasteiger charge is -2.20. The number of aromatic nitrogens is 1. The monoisotopic (exact) mass is 271 g/mol. The molecule has 0 fully saturated rings. The van der Waals surface area contributed by atoms with Gasteiger partial charge in [-0.3, -0.25) is 0 Å². The van der Waals surface area contributed by atoms with Gasteiger partial charge in [0, 0.05) is 17.8 Å². The van der Waals surface area contributed by atoms with Crippen molar-refractivity contribution in [2.75, 3.05) is 19.9 Å². The Kier molecular flexibility index (Phi) is 4.58. The van der Waals surface area contributed by atoms with Crippen molar-refractivity contribution in [3.05, 3.63) is 53.2 Å². The Morgan fingerprint density at radius 2 is 2.10 bits per heavy atom. The van der Waals surface area contributed by atoms with Gasteiger partial charge in [0.15, 0.2) is 0 Å². The molecule has 0 saturated carbocycles. The minimum Gasteiger partial charge on any atom is -0.496 e. The highest BCUT2D eigenvalue weighted by molar-refractivity contribution is 5.44. The summed E-state index contributed by atoms with van der Waals surface area (Å²) in [6.45, 7) is 2.02. The molecule has 0 radical (unpaired) electrons. The molecule has 106 valence electrons. The maximum Gasteiger partial charge on any atom is 0.128 e. The molecule has 0 amide bonds. The number of hydrogen-bond acceptors (Lipinski definition) is 4. The van der Waals surface area contributed by atoms with E-state index >= 15 is 0 Å². The number of nitrogen functional groups attached to an aromatic ring is 1. The molecule has 0 saturated heterocycles. The number of rotatable bonds is 5. The van der Waals surface area contributed by atoms with E-state index in [0.717, 1.165) is 28.9 Å². The third kappa shape index (κ3) is 3.08. The van der Waals surface area contributed by atoms with E-state index in [1.54, 1.807) is 13.3 Å². The van der Waals surface area contributed by atoms with E-state index in [9.17, 15) is 0 Å². The highest BCUT2D eigenvalue weighted by atomic mass is 16.5. The van der Waals surface area contributed by atoms with Crippen LogP contribution >= 0.6 is 0 Å². The molecule has 0 spiro atoms. The summed E-state index contributed by atoms with van der Waals surface area (Å²) in [4.78, 5) is 4.24. The highest BCUT2D eigenvalue weighted by Crippen LogP contribution is 2.27. The van der Waals surface area contributed by atoms with Gasteiger partial charge in [-0.1, -0.05) is 18.2 Å². The summed E-state index contributed by atoms with van der Waals surface area (Å²) in [5.74, 6) is 1.47. The van der Waals surface area contributed by atoms with Gasteiger partial charge in [-0.25, -0.2) is 4.98 Å². The third-order valence-electron chi connectivity index (χ3n) is 3.43. The topological polar surface area (TPSA) is 60.2 Å². The van der Waals surface area contributed by atoms with Crippen LogP contribution in [0.15, 0.2) is 36.5 Å². The Hall–Kier alpha value is -2.07. The SMILES string of the molecule is CNC(Cc1ccccc1OC)c1cc(C)cnc1N. The summed E-state index contributed by atoms with van der Waals surface area (Å²) in [6, 6.07) is 10.2. The van der Waals surface area contributed by atoms with Crippen LogP contribution in [0.1, 0.15) is 22.7 Å². The average Bonchev–Trinajstić information content (AvgIpc) is 2.48. The number of pyridine rings is 1. The zero-order valence-corrected chi connectivity index (χ0v) is 12.2. The second-order valence-electron chi connectivity index (χ2n) is 4.84. The molecule has 0 aliphatic rings. The number of likely N-dealkylation sites (N-methyl/N-ethyl adjacent to an activating group) is 1. The van der Waals surface area contributed by atoms with E-state index in [1.807, 2.05) is 32.2 Å². The molecule has 1 aromatic carbocycles. The molecular weight excluding hydrogens is 250 g/mol. The minimum absolute atomic E-state index is 0.110. The number of aryl methyl sites for hydroxylation is 1. The van der Waals surface area contributed by atoms with Gasteiger partial charge in [-0.15, -0.1) is 0 Å². The third-order valence-corrected chi connectivity index (χ3v) is 3.43. The number of para-hydroxylation sites is 1. The summed E-state index contributed by atoms with van der Waals surface area (Å²) in [5, 5.41) is 3.31. The molecule has 1 aromatic heterocycles. The Balaban J connectivity index is 2.31. The zero-order valence-electron chi connectivity index (χ0n) is 12.2. The van der Waals surface area contributed by atoms with Crippen LogP contribution < -0.4 is 15.8 Å². The number of benzene rings is 1. The van der Waals surface area contributed by atoms with Crippen molar-refractivity contribution in [1.29, 1.82) is 0 Å². The Labute approximate surface area is 120 Å². The lowest BCUT2D eigenvalue weighted by Crippen LogP contribution is -2.21. The first-order valence-electron chi connectivity index (χ1n) is 6.67. The summed E-state index contributed by atoms with van der Waals surface area (Å²) in [5.41, 5.74) is 9.29. The van der Waals surface area contributed by atoms with Gasteiger partial charge in [0.1, 0.15) is 11.6 Å². The maximum absolute atomic E-state index is 6.01. The summed E-state index contributed by atoms with van der Waals surface area (Å²) < 4.78 is 5.41. The maximum atomic E-state index is 6.01. The second kappa shape index (κ2) is 6.39. The van der Waals surface area contributed by atoms with E-state index in [-0.39, 0.29) is 6.04 Å². The van der Waals surface area contributed by atoms with Crippen LogP contribution in [0.3, 0.4) is 0 Å². The summed E-state index contributed by atoms with van der Waals surface area (Å²) in [6.07, 6.45) is 2.59. The molecule has 2 rings (SSSR count). The van der Waals surface area contributed by atoms with Crippen LogP contribution in [0.4, 0.5) is 5.82 Å². The standard InChI is InChI=1S/C16H21N3O/c1-11-8-13(16(17)19-10-11)14(18-2)9-12-6-4-5-7-15(12)20-3/h4-8,10,14,18H,9H2,1-3H3,(H2,17,19). The predicted octanol–water partition coefficient (Wildman–Crippen LogP) is 2.48. The molecule has 0 aliphatic carbocycles. The van der Waals surface area contributed by atoms with Crippen LogP contribution in [-0.4, -0.2) is 19.1 Å². The largest absolute Gasteiger partial charge is 0.496 e. The van der Waals surface area contributed by atoms with Crippen molar-refractivity contribution in [3.63, 3.8) is 0 Å². The summed E-state index contributed by atoms with van der Waals surface area (Å²) >= 11 is 0. The van der Waals surface area contributed by atoms with E-state index in [1.165, 1.54) is 0 Å². The van der Waals surface area contributed by atoms with Gasteiger partial charge < -0.3 is 15.8 Å². The van der Waals surface area contributed by atoms with Crippen LogP contribution in [0.25, 0.3) is 0 Å². The molecule has 3 N–H and O–H groups in total. The number of nitrogens with zero attached hydrogens (tertiary/aromatic N) is 1. The number of hydrogen-bond donors (Lipinski definition) is 2. The van der Waals surface area contributed by atoms with Gasteiger partial charge in [0.25, 0.3) is 0 Å². The second-order valence-corrected chi connectivity index (χ2v) is 4.84. The van der Waals surface area contributed by atoms with Crippen molar-refractivity contribution >= 4 is 5.82 Å². The number of ether oxygens (including phenoxy) is 1. The normalized spacial score (nSPS) is 12.2. The molecule has 20 heavy (non-hydrogen) atoms. The van der Waals surface area contributed by atoms with Crippen molar-refractivity contribution in [2.45, 2.75) is 19.4 Å². The number of nitrogens with one attached hydrogen (secondary N) is 1. The molecule has 0 bridgehead atoms. The first kappa shape index (κ1) is 14.3. The molecule has 4 nitrogen and oxygen atoms in total. The molecular formula is C16H21N3O. The van der Waals surface area contributed by atoms with Crippen LogP contribution in [0, 0.1) is 6.92 Å². The van der Waals surface area contributed by atoms with Crippen LogP contribution in [0.2, 0.25) is 0 Å². The van der Waals surface area contributed by atoms with Crippen molar-refractivity contribution in [3.8, 4) is 5.75 Å². The molecule has 1 atom stereocenters. The molecule has 0 aliphatic heterocycles. The minimum atomic E-state index is 0.110. The fourth-order valence-corrected chi connectivity index (χ4v) is 2.34. The Morgan fingerprint density at radius 1 is 1.35 bits per heavy atom. The van der Waals surface area contributed by atoms with Gasteiger partial charge in [0.2, 0.25) is 0 Å². The van der Waals surface area contributed by atoms with E-state index in [0.29, 0.717) is 5.82 Å². The van der Waals surface area contributed by atoms with Gasteiger partial charge >= 0.3 is 0 Å². The zero-order chi connectivity index (χ0) is 14.5. The lowest BCUT2D eigenvalue weighted by atomic mass is 9.98. The highest BCUT2D eigenvalue weighted by Gasteiger charge is 2.16. The predicted molar refractivity (Wildman–Crippen MR) is 81.9 cm³/mol. The lowest BCUT2D eigenvalue weighted by molar-refractivity contribution is 0.406. The van der Waals surface area contributed by atoms with Crippen molar-refractivity contribution in [2.24, 2.45) is 0 Å². The van der Waals surface area contributed by atoms with Crippen molar-refractivity contribution in [1.82, 2.24) is 10.3 Å². The number of anilines is 1. The number of methoxy groups -OCH3 is 1.